The van der Waals surface area contributed by atoms with E-state index in [1.165, 1.54) is 4.68 Å². The number of ether oxygens (including phenoxy) is 1. The summed E-state index contributed by atoms with van der Waals surface area (Å²) in [5.74, 6) is 1.08. The fourth-order valence-corrected chi connectivity index (χ4v) is 3.90. The van der Waals surface area contributed by atoms with Gasteiger partial charge in [0, 0.05) is 18.5 Å². The molecular weight excluding hydrogens is 366 g/mol. The molecule has 0 aliphatic carbocycles. The molecule has 1 aliphatic heterocycles. The first kappa shape index (κ1) is 19.2. The van der Waals surface area contributed by atoms with Crippen molar-refractivity contribution in [3.63, 3.8) is 0 Å². The summed E-state index contributed by atoms with van der Waals surface area (Å²) < 4.78 is 6.80. The molecule has 1 aliphatic rings. The van der Waals surface area contributed by atoms with E-state index in [1.54, 1.807) is 36.4 Å². The van der Waals surface area contributed by atoms with E-state index < -0.39 is 0 Å². The van der Waals surface area contributed by atoms with Crippen molar-refractivity contribution in [3.8, 4) is 11.4 Å². The lowest BCUT2D eigenvalue weighted by atomic mass is 9.99. The Balaban J connectivity index is 1.83. The van der Waals surface area contributed by atoms with Crippen LogP contribution >= 0.6 is 0 Å². The summed E-state index contributed by atoms with van der Waals surface area (Å²) >= 11 is 0. The second kappa shape index (κ2) is 8.07. The van der Waals surface area contributed by atoms with Gasteiger partial charge in [-0.3, -0.25) is 9.59 Å². The normalized spacial score (nSPS) is 16.8. The van der Waals surface area contributed by atoms with Crippen LogP contribution in [0.2, 0.25) is 0 Å². The van der Waals surface area contributed by atoms with Gasteiger partial charge in [0.2, 0.25) is 0 Å². The van der Waals surface area contributed by atoms with E-state index in [-0.39, 0.29) is 11.5 Å². The highest BCUT2D eigenvalue weighted by molar-refractivity contribution is 6.04. The number of carbonyl (C=O) groups is 1. The van der Waals surface area contributed by atoms with Crippen LogP contribution in [-0.2, 0) is 0 Å². The van der Waals surface area contributed by atoms with Gasteiger partial charge in [0.25, 0.3) is 11.5 Å². The Hall–Kier alpha value is -3.15. The summed E-state index contributed by atoms with van der Waals surface area (Å²) in [6.45, 7) is 6.09. The van der Waals surface area contributed by atoms with Crippen LogP contribution in [0.3, 0.4) is 0 Å². The third-order valence-electron chi connectivity index (χ3n) is 5.34. The maximum atomic E-state index is 13.3. The first-order valence-electron chi connectivity index (χ1n) is 10.1. The predicted octanol–water partition coefficient (Wildman–Crippen LogP) is 3.66. The molecule has 0 radical (unpaired) electrons. The Labute approximate surface area is 169 Å². The SMILES string of the molecule is CCOc1ccc(-n2nc(C(=O)N3CCC[C@@H](C)C3)c3ccccc3c2=O)cc1. The Morgan fingerprint density at radius 3 is 2.55 bits per heavy atom. The number of carbonyl (C=O) groups excluding carboxylic acids is 1. The molecule has 29 heavy (non-hydrogen) atoms. The minimum atomic E-state index is -0.242. The van der Waals surface area contributed by atoms with E-state index >= 15 is 0 Å². The molecule has 6 nitrogen and oxygen atoms in total. The van der Waals surface area contributed by atoms with E-state index in [0.717, 1.165) is 31.7 Å². The molecule has 0 saturated carbocycles. The first-order valence-corrected chi connectivity index (χ1v) is 10.1. The van der Waals surface area contributed by atoms with Gasteiger partial charge < -0.3 is 9.64 Å². The van der Waals surface area contributed by atoms with E-state index in [9.17, 15) is 9.59 Å². The summed E-state index contributed by atoms with van der Waals surface area (Å²) in [5, 5.41) is 5.61. The minimum absolute atomic E-state index is 0.118. The van der Waals surface area contributed by atoms with Crippen molar-refractivity contribution in [2.45, 2.75) is 26.7 Å². The highest BCUT2D eigenvalue weighted by Crippen LogP contribution is 2.22. The molecule has 0 spiro atoms. The highest BCUT2D eigenvalue weighted by atomic mass is 16.5. The molecule has 0 unspecified atom stereocenters. The number of piperidine rings is 1. The van der Waals surface area contributed by atoms with Gasteiger partial charge in [-0.15, -0.1) is 0 Å². The number of likely N-dealkylation sites (tertiary alicyclic amines) is 1. The molecule has 1 fully saturated rings. The van der Waals surface area contributed by atoms with Crippen molar-refractivity contribution in [1.29, 1.82) is 0 Å². The molecule has 1 amide bonds. The maximum absolute atomic E-state index is 13.3. The molecule has 2 heterocycles. The monoisotopic (exact) mass is 391 g/mol. The summed E-state index contributed by atoms with van der Waals surface area (Å²) in [5.41, 5.74) is 0.682. The number of nitrogens with zero attached hydrogens (tertiary/aromatic N) is 3. The average molecular weight is 391 g/mol. The summed E-state index contributed by atoms with van der Waals surface area (Å²) in [4.78, 5) is 28.3. The largest absolute Gasteiger partial charge is 0.494 e. The molecule has 1 aromatic heterocycles. The lowest BCUT2D eigenvalue weighted by molar-refractivity contribution is 0.0677. The molecular formula is C23H25N3O3. The van der Waals surface area contributed by atoms with Gasteiger partial charge in [0.05, 0.1) is 17.7 Å². The standard InChI is InChI=1S/C23H25N3O3/c1-3-29-18-12-10-17(11-13-18)26-22(27)20-9-5-4-8-19(20)21(24-26)23(28)25-14-6-7-16(2)15-25/h4-5,8-13,16H,3,6-7,14-15H2,1-2H3/t16-/m1/s1. The van der Waals surface area contributed by atoms with Crippen molar-refractivity contribution in [3.05, 3.63) is 64.6 Å². The zero-order chi connectivity index (χ0) is 20.4. The Morgan fingerprint density at radius 2 is 1.86 bits per heavy atom. The molecule has 0 N–H and O–H groups in total. The predicted molar refractivity (Wildman–Crippen MR) is 113 cm³/mol. The number of fused-ring (bicyclic) bond motifs is 1. The molecule has 1 atom stereocenters. The van der Waals surface area contributed by atoms with Crippen LogP contribution < -0.4 is 10.3 Å². The molecule has 2 aromatic carbocycles. The van der Waals surface area contributed by atoms with Gasteiger partial charge >= 0.3 is 0 Å². The van der Waals surface area contributed by atoms with Gasteiger partial charge in [-0.25, -0.2) is 0 Å². The van der Waals surface area contributed by atoms with E-state index in [4.69, 9.17) is 4.74 Å². The number of amides is 1. The van der Waals surface area contributed by atoms with Crippen LogP contribution in [0.15, 0.2) is 53.3 Å². The zero-order valence-corrected chi connectivity index (χ0v) is 16.8. The lowest BCUT2D eigenvalue weighted by Crippen LogP contribution is -2.40. The topological polar surface area (TPSA) is 64.4 Å². The highest BCUT2D eigenvalue weighted by Gasteiger charge is 2.26. The fraction of sp³-hybridized carbons (Fsp3) is 0.348. The van der Waals surface area contributed by atoms with Crippen LogP contribution in [0.4, 0.5) is 0 Å². The van der Waals surface area contributed by atoms with Crippen molar-refractivity contribution in [2.24, 2.45) is 5.92 Å². The lowest BCUT2D eigenvalue weighted by Gasteiger charge is -2.31. The maximum Gasteiger partial charge on any atom is 0.279 e. The summed E-state index contributed by atoms with van der Waals surface area (Å²) in [6, 6.07) is 14.4. The second-order valence-electron chi connectivity index (χ2n) is 7.54. The van der Waals surface area contributed by atoms with E-state index in [0.29, 0.717) is 34.7 Å². The van der Waals surface area contributed by atoms with Crippen LogP contribution in [0, 0.1) is 5.92 Å². The van der Waals surface area contributed by atoms with Crippen LogP contribution in [0.5, 0.6) is 5.75 Å². The zero-order valence-electron chi connectivity index (χ0n) is 16.8. The quantitative estimate of drug-likeness (QED) is 0.681. The average Bonchev–Trinajstić information content (AvgIpc) is 2.75. The van der Waals surface area contributed by atoms with Crippen LogP contribution in [0.25, 0.3) is 16.5 Å². The van der Waals surface area contributed by atoms with E-state index in [2.05, 4.69) is 12.0 Å². The molecule has 3 aromatic rings. The number of benzene rings is 2. The summed E-state index contributed by atoms with van der Waals surface area (Å²) in [7, 11) is 0. The van der Waals surface area contributed by atoms with Crippen LogP contribution in [0.1, 0.15) is 37.2 Å². The third-order valence-corrected chi connectivity index (χ3v) is 5.34. The first-order chi connectivity index (χ1) is 14.1. The number of hydrogen-bond donors (Lipinski definition) is 0. The van der Waals surface area contributed by atoms with Gasteiger partial charge in [-0.2, -0.15) is 9.78 Å². The molecule has 4 rings (SSSR count). The second-order valence-corrected chi connectivity index (χ2v) is 7.54. The van der Waals surface area contributed by atoms with E-state index in [1.807, 2.05) is 24.0 Å². The Kier molecular flexibility index (Phi) is 5.34. The fourth-order valence-electron chi connectivity index (χ4n) is 3.90. The van der Waals surface area contributed by atoms with Crippen molar-refractivity contribution >= 4 is 16.7 Å². The van der Waals surface area contributed by atoms with Crippen molar-refractivity contribution in [2.75, 3.05) is 19.7 Å². The van der Waals surface area contributed by atoms with Gasteiger partial charge in [0.15, 0.2) is 5.69 Å². The van der Waals surface area contributed by atoms with Crippen molar-refractivity contribution < 1.29 is 9.53 Å². The van der Waals surface area contributed by atoms with Gasteiger partial charge in [0.1, 0.15) is 5.75 Å². The third kappa shape index (κ3) is 3.75. The summed E-state index contributed by atoms with van der Waals surface area (Å²) in [6.07, 6.45) is 2.12. The Bertz CT molecular complexity index is 1090. The van der Waals surface area contributed by atoms with Crippen molar-refractivity contribution in [1.82, 2.24) is 14.7 Å². The smallest absolute Gasteiger partial charge is 0.279 e. The molecule has 1 saturated heterocycles. The Morgan fingerprint density at radius 1 is 1.14 bits per heavy atom. The minimum Gasteiger partial charge on any atom is -0.494 e. The molecule has 0 bridgehead atoms. The number of aromatic nitrogens is 2. The number of hydrogen-bond acceptors (Lipinski definition) is 4. The molecule has 150 valence electrons. The van der Waals surface area contributed by atoms with Gasteiger partial charge in [-0.1, -0.05) is 25.1 Å². The molecule has 6 heteroatoms. The van der Waals surface area contributed by atoms with Gasteiger partial charge in [-0.05, 0) is 56.0 Å². The number of rotatable bonds is 4. The van der Waals surface area contributed by atoms with Crippen LogP contribution in [-0.4, -0.2) is 40.3 Å².